The van der Waals surface area contributed by atoms with Gasteiger partial charge in [0.05, 0.1) is 0 Å². The first-order chi connectivity index (χ1) is 17.6. The highest BCUT2D eigenvalue weighted by Gasteiger charge is 2.54. The second-order valence-electron chi connectivity index (χ2n) is 8.30. The van der Waals surface area contributed by atoms with Crippen LogP contribution in [0.2, 0.25) is 0 Å². The van der Waals surface area contributed by atoms with Crippen molar-refractivity contribution in [2.45, 2.75) is 12.1 Å². The summed E-state index contributed by atoms with van der Waals surface area (Å²) in [6.45, 7) is 0.343. The van der Waals surface area contributed by atoms with Gasteiger partial charge in [-0.3, -0.25) is 15.0 Å². The van der Waals surface area contributed by atoms with Gasteiger partial charge in [-0.05, 0) is 34.9 Å². The van der Waals surface area contributed by atoms with Crippen LogP contribution in [-0.2, 0) is 16.9 Å². The number of ether oxygens (including phenoxy) is 1. The Balaban J connectivity index is 1.38. The average molecular weight is 478 g/mol. The van der Waals surface area contributed by atoms with Crippen LogP contribution < -0.4 is 15.5 Å². The van der Waals surface area contributed by atoms with E-state index < -0.39 is 23.4 Å². The Morgan fingerprint density at radius 2 is 1.36 bits per heavy atom. The van der Waals surface area contributed by atoms with Gasteiger partial charge in [-0.1, -0.05) is 97.1 Å². The summed E-state index contributed by atoms with van der Waals surface area (Å²) in [4.78, 5) is 39.8. The molecule has 0 spiro atoms. The molecule has 4 amide bonds. The summed E-state index contributed by atoms with van der Waals surface area (Å²) in [5, 5.41) is 3.54. The summed E-state index contributed by atoms with van der Waals surface area (Å²) in [5.41, 5.74) is 3.41. The molecule has 2 N–H and O–H groups in total. The Labute approximate surface area is 208 Å². The van der Waals surface area contributed by atoms with Gasteiger partial charge in [0.2, 0.25) is 0 Å². The molecular formula is C29H23N3O4. The van der Waals surface area contributed by atoms with Crippen LogP contribution in [0.3, 0.4) is 0 Å². The monoisotopic (exact) mass is 477 g/mol. The van der Waals surface area contributed by atoms with Crippen molar-refractivity contribution < 1.29 is 19.1 Å². The average Bonchev–Trinajstić information content (AvgIpc) is 3.19. The highest BCUT2D eigenvalue weighted by Crippen LogP contribution is 2.35. The number of carbonyl (C=O) groups is 3. The number of hydrogen-bond donors (Lipinski definition) is 2. The molecule has 36 heavy (non-hydrogen) atoms. The molecule has 5 rings (SSSR count). The van der Waals surface area contributed by atoms with Crippen LogP contribution in [0.1, 0.15) is 27.0 Å². The molecule has 4 aromatic carbocycles. The van der Waals surface area contributed by atoms with Crippen LogP contribution >= 0.6 is 0 Å². The van der Waals surface area contributed by atoms with E-state index in [2.05, 4.69) is 10.7 Å². The van der Waals surface area contributed by atoms with Crippen molar-refractivity contribution >= 4 is 17.8 Å². The standard InChI is InChI=1S/C29H23N3O4/c33-26(22-13-10-18-25(19-22)36-20-21-11-4-1-5-12-21)31-32-27(34)29(30-28(32)35,23-14-6-2-7-15-23)24-16-8-3-9-17-24/h1-19H,20H2,(H,30,35)(H,31,33). The van der Waals surface area contributed by atoms with E-state index in [-0.39, 0.29) is 5.56 Å². The predicted octanol–water partition coefficient (Wildman–Crippen LogP) is 4.41. The molecule has 7 heteroatoms. The normalized spacial score (nSPS) is 14.3. The molecule has 1 aliphatic heterocycles. The minimum absolute atomic E-state index is 0.248. The molecule has 178 valence electrons. The van der Waals surface area contributed by atoms with Crippen LogP contribution in [-0.4, -0.2) is 22.9 Å². The number of hydrazine groups is 1. The number of nitrogens with zero attached hydrogens (tertiary/aromatic N) is 1. The van der Waals surface area contributed by atoms with Crippen molar-refractivity contribution in [3.8, 4) is 5.75 Å². The molecule has 0 unspecified atom stereocenters. The van der Waals surface area contributed by atoms with Crippen molar-refractivity contribution in [1.29, 1.82) is 0 Å². The van der Waals surface area contributed by atoms with Crippen molar-refractivity contribution in [1.82, 2.24) is 15.8 Å². The maximum atomic E-state index is 13.7. The zero-order valence-corrected chi connectivity index (χ0v) is 19.3. The van der Waals surface area contributed by atoms with Crippen molar-refractivity contribution in [2.75, 3.05) is 0 Å². The van der Waals surface area contributed by atoms with E-state index in [1.54, 1.807) is 72.8 Å². The Morgan fingerprint density at radius 3 is 1.97 bits per heavy atom. The lowest BCUT2D eigenvalue weighted by atomic mass is 9.83. The van der Waals surface area contributed by atoms with E-state index in [1.807, 2.05) is 42.5 Å². The van der Waals surface area contributed by atoms with Crippen molar-refractivity contribution in [3.05, 3.63) is 138 Å². The Morgan fingerprint density at radius 1 is 0.778 bits per heavy atom. The molecule has 0 atom stereocenters. The van der Waals surface area contributed by atoms with Gasteiger partial charge in [0.1, 0.15) is 12.4 Å². The summed E-state index contributed by atoms with van der Waals surface area (Å²) in [6.07, 6.45) is 0. The summed E-state index contributed by atoms with van der Waals surface area (Å²) in [5.74, 6) is -0.720. The first-order valence-electron chi connectivity index (χ1n) is 11.4. The predicted molar refractivity (Wildman–Crippen MR) is 134 cm³/mol. The van der Waals surface area contributed by atoms with Gasteiger partial charge in [0.25, 0.3) is 11.8 Å². The summed E-state index contributed by atoms with van der Waals surface area (Å²) < 4.78 is 5.80. The van der Waals surface area contributed by atoms with E-state index in [4.69, 9.17) is 4.74 Å². The molecule has 0 saturated carbocycles. The third kappa shape index (κ3) is 4.30. The molecule has 0 radical (unpaired) electrons. The summed E-state index contributed by atoms with van der Waals surface area (Å²) >= 11 is 0. The van der Waals surface area contributed by atoms with Gasteiger partial charge in [0.15, 0.2) is 5.54 Å². The largest absolute Gasteiger partial charge is 0.489 e. The number of amides is 4. The van der Waals surface area contributed by atoms with Gasteiger partial charge in [-0.2, -0.15) is 5.01 Å². The fraction of sp³-hybridized carbons (Fsp3) is 0.0690. The molecule has 1 saturated heterocycles. The highest BCUT2D eigenvalue weighted by molar-refractivity contribution is 6.11. The molecule has 4 aromatic rings. The number of rotatable bonds is 7. The first kappa shape index (κ1) is 22.9. The van der Waals surface area contributed by atoms with E-state index in [9.17, 15) is 14.4 Å². The highest BCUT2D eigenvalue weighted by atomic mass is 16.5. The van der Waals surface area contributed by atoms with Crippen LogP contribution in [0, 0.1) is 0 Å². The Bertz CT molecular complexity index is 1350. The Kier molecular flexibility index (Phi) is 6.19. The van der Waals surface area contributed by atoms with E-state index in [0.717, 1.165) is 10.6 Å². The van der Waals surface area contributed by atoms with Crippen LogP contribution in [0.15, 0.2) is 115 Å². The molecule has 1 aliphatic rings. The maximum Gasteiger partial charge on any atom is 0.344 e. The van der Waals surface area contributed by atoms with Crippen LogP contribution in [0.5, 0.6) is 5.75 Å². The Hall–Kier alpha value is -4.91. The number of imide groups is 1. The van der Waals surface area contributed by atoms with Crippen LogP contribution in [0.25, 0.3) is 0 Å². The molecule has 1 heterocycles. The SMILES string of the molecule is O=C(NN1C(=O)NC(c2ccccc2)(c2ccccc2)C1=O)c1cccc(OCc2ccccc2)c1. The number of hydrogen-bond acceptors (Lipinski definition) is 4. The third-order valence-corrected chi connectivity index (χ3v) is 5.99. The lowest BCUT2D eigenvalue weighted by Crippen LogP contribution is -2.49. The summed E-state index contributed by atoms with van der Waals surface area (Å²) in [6, 6.07) is 33.4. The molecule has 0 bridgehead atoms. The number of urea groups is 1. The van der Waals surface area contributed by atoms with Gasteiger partial charge in [-0.15, -0.1) is 0 Å². The number of carbonyl (C=O) groups excluding carboxylic acids is 3. The zero-order valence-electron chi connectivity index (χ0n) is 19.3. The topological polar surface area (TPSA) is 87.7 Å². The van der Waals surface area contributed by atoms with Gasteiger partial charge < -0.3 is 10.1 Å². The summed E-state index contributed by atoms with van der Waals surface area (Å²) in [7, 11) is 0. The number of nitrogens with one attached hydrogen (secondary N) is 2. The van der Waals surface area contributed by atoms with Gasteiger partial charge >= 0.3 is 6.03 Å². The first-order valence-corrected chi connectivity index (χ1v) is 11.4. The quantitative estimate of drug-likeness (QED) is 0.386. The van der Waals surface area contributed by atoms with E-state index in [1.165, 1.54) is 0 Å². The van der Waals surface area contributed by atoms with Crippen LogP contribution in [0.4, 0.5) is 4.79 Å². The minimum atomic E-state index is -1.46. The smallest absolute Gasteiger partial charge is 0.344 e. The van der Waals surface area contributed by atoms with Gasteiger partial charge in [-0.25, -0.2) is 4.79 Å². The molecule has 0 aromatic heterocycles. The second kappa shape index (κ2) is 9.76. The minimum Gasteiger partial charge on any atom is -0.489 e. The molecular weight excluding hydrogens is 454 g/mol. The number of benzene rings is 4. The third-order valence-electron chi connectivity index (χ3n) is 5.99. The zero-order chi connectivity index (χ0) is 25.0. The lowest BCUT2D eigenvalue weighted by molar-refractivity contribution is -0.131. The second-order valence-corrected chi connectivity index (χ2v) is 8.30. The lowest BCUT2D eigenvalue weighted by Gasteiger charge is -2.27. The van der Waals surface area contributed by atoms with E-state index in [0.29, 0.717) is 23.5 Å². The fourth-order valence-electron chi connectivity index (χ4n) is 4.20. The molecule has 1 fully saturated rings. The molecule has 0 aliphatic carbocycles. The van der Waals surface area contributed by atoms with Crippen molar-refractivity contribution in [3.63, 3.8) is 0 Å². The fourth-order valence-corrected chi connectivity index (χ4v) is 4.20. The maximum absolute atomic E-state index is 13.7. The molecule has 7 nitrogen and oxygen atoms in total. The van der Waals surface area contributed by atoms with Crippen molar-refractivity contribution in [2.24, 2.45) is 0 Å². The van der Waals surface area contributed by atoms with E-state index >= 15 is 0 Å². The van der Waals surface area contributed by atoms with Gasteiger partial charge in [0, 0.05) is 5.56 Å².